The number of likely N-dealkylation sites (N-methyl/N-ethyl adjacent to an activating group) is 1. The molecule has 0 aliphatic carbocycles. The molecule has 3 rings (SSSR count). The predicted molar refractivity (Wildman–Crippen MR) is 87.1 cm³/mol. The number of amides is 1. The third-order valence-corrected chi connectivity index (χ3v) is 4.47. The van der Waals surface area contributed by atoms with Gasteiger partial charge in [0.25, 0.3) is 5.91 Å². The van der Waals surface area contributed by atoms with Crippen molar-refractivity contribution in [3.8, 4) is 0 Å². The van der Waals surface area contributed by atoms with E-state index in [1.54, 1.807) is 12.4 Å². The van der Waals surface area contributed by atoms with E-state index in [2.05, 4.69) is 38.9 Å². The number of carbonyl (C=O) groups is 1. The summed E-state index contributed by atoms with van der Waals surface area (Å²) in [6, 6.07) is 0.120. The summed E-state index contributed by atoms with van der Waals surface area (Å²) in [4.78, 5) is 24.7. The van der Waals surface area contributed by atoms with E-state index in [0.29, 0.717) is 12.1 Å². The van der Waals surface area contributed by atoms with Gasteiger partial charge in [0, 0.05) is 37.7 Å². The molecule has 1 aliphatic rings. The summed E-state index contributed by atoms with van der Waals surface area (Å²) < 4.78 is 0. The Hall–Kier alpha value is -2.15. The second-order valence-electron chi connectivity index (χ2n) is 5.88. The van der Waals surface area contributed by atoms with E-state index in [1.165, 1.54) is 0 Å². The molecule has 0 aromatic carbocycles. The first kappa shape index (κ1) is 15.7. The molecule has 2 aromatic heterocycles. The van der Waals surface area contributed by atoms with Crippen LogP contribution >= 0.6 is 0 Å². The van der Waals surface area contributed by atoms with E-state index in [0.717, 1.165) is 44.0 Å². The normalized spacial score (nSPS) is 19.2. The monoisotopic (exact) mass is 316 g/mol. The number of carbonyl (C=O) groups excluding carboxylic acids is 1. The molecule has 1 amide bonds. The van der Waals surface area contributed by atoms with Crippen molar-refractivity contribution < 1.29 is 4.79 Å². The summed E-state index contributed by atoms with van der Waals surface area (Å²) in [6.45, 7) is 7.43. The lowest BCUT2D eigenvalue weighted by Crippen LogP contribution is -2.50. The number of hydrogen-bond donors (Lipinski definition) is 2. The van der Waals surface area contributed by atoms with Crippen molar-refractivity contribution in [3.63, 3.8) is 0 Å². The van der Waals surface area contributed by atoms with Gasteiger partial charge in [-0.2, -0.15) is 5.10 Å². The first-order valence-corrected chi connectivity index (χ1v) is 8.29. The Morgan fingerprint density at radius 3 is 2.96 bits per heavy atom. The molecule has 1 atom stereocenters. The molecule has 2 N–H and O–H groups in total. The van der Waals surface area contributed by atoms with Crippen LogP contribution in [-0.4, -0.2) is 62.1 Å². The summed E-state index contributed by atoms with van der Waals surface area (Å²) in [5.41, 5.74) is 1.64. The van der Waals surface area contributed by atoms with Crippen LogP contribution in [0.25, 0.3) is 0 Å². The Balaban J connectivity index is 1.78. The average Bonchev–Trinajstić information content (AvgIpc) is 3.25. The molecular weight excluding hydrogens is 292 g/mol. The Morgan fingerprint density at radius 1 is 1.39 bits per heavy atom. The highest BCUT2D eigenvalue weighted by atomic mass is 16.2. The number of H-pyrrole nitrogens is 2. The number of rotatable bonds is 5. The number of hydrogen-bond acceptors (Lipinski definition) is 4. The largest absolute Gasteiger partial charge is 0.347 e. The van der Waals surface area contributed by atoms with E-state index < -0.39 is 0 Å². The van der Waals surface area contributed by atoms with Crippen LogP contribution in [0.2, 0.25) is 0 Å². The van der Waals surface area contributed by atoms with Gasteiger partial charge in [0.05, 0.1) is 17.8 Å². The molecule has 23 heavy (non-hydrogen) atoms. The van der Waals surface area contributed by atoms with Gasteiger partial charge in [-0.25, -0.2) is 4.98 Å². The number of aromatic nitrogens is 4. The number of aromatic amines is 2. The zero-order valence-corrected chi connectivity index (χ0v) is 13.7. The number of piperazine rings is 1. The van der Waals surface area contributed by atoms with E-state index in [1.807, 2.05) is 11.1 Å². The lowest BCUT2D eigenvalue weighted by Gasteiger charge is -2.40. The molecule has 7 nitrogen and oxygen atoms in total. The van der Waals surface area contributed by atoms with Gasteiger partial charge in [-0.1, -0.05) is 20.3 Å². The van der Waals surface area contributed by atoms with Crippen molar-refractivity contribution in [1.29, 1.82) is 0 Å². The molecule has 7 heteroatoms. The van der Waals surface area contributed by atoms with Crippen LogP contribution in [0.1, 0.15) is 48.2 Å². The molecule has 2 aromatic rings. The minimum atomic E-state index is 0.0644. The van der Waals surface area contributed by atoms with Gasteiger partial charge in [0.15, 0.2) is 0 Å². The lowest BCUT2D eigenvalue weighted by molar-refractivity contribution is 0.0479. The molecule has 0 radical (unpaired) electrons. The van der Waals surface area contributed by atoms with Crippen LogP contribution in [-0.2, 0) is 6.42 Å². The maximum absolute atomic E-state index is 12.9. The molecule has 0 unspecified atom stereocenters. The van der Waals surface area contributed by atoms with Crippen molar-refractivity contribution >= 4 is 5.91 Å². The molecule has 3 heterocycles. The van der Waals surface area contributed by atoms with Gasteiger partial charge in [0.1, 0.15) is 5.82 Å². The zero-order chi connectivity index (χ0) is 16.2. The van der Waals surface area contributed by atoms with Crippen LogP contribution in [0.15, 0.2) is 18.6 Å². The maximum atomic E-state index is 12.9. The molecule has 1 saturated heterocycles. The van der Waals surface area contributed by atoms with Crippen molar-refractivity contribution in [2.24, 2.45) is 0 Å². The van der Waals surface area contributed by atoms with Crippen LogP contribution in [0, 0.1) is 0 Å². The number of imidazole rings is 1. The molecule has 1 fully saturated rings. The fraction of sp³-hybridized carbons (Fsp3) is 0.562. The van der Waals surface area contributed by atoms with Gasteiger partial charge in [-0.3, -0.25) is 14.8 Å². The minimum absolute atomic E-state index is 0.0644. The maximum Gasteiger partial charge on any atom is 0.257 e. The average molecular weight is 316 g/mol. The summed E-state index contributed by atoms with van der Waals surface area (Å²) in [5.74, 6) is 0.986. The third-order valence-electron chi connectivity index (χ3n) is 4.47. The Labute approximate surface area is 136 Å². The van der Waals surface area contributed by atoms with Gasteiger partial charge in [-0.15, -0.1) is 0 Å². The van der Waals surface area contributed by atoms with E-state index >= 15 is 0 Å². The second kappa shape index (κ2) is 6.95. The van der Waals surface area contributed by atoms with E-state index in [9.17, 15) is 4.79 Å². The van der Waals surface area contributed by atoms with Gasteiger partial charge in [-0.05, 0) is 13.0 Å². The number of nitrogens with one attached hydrogen (secondary N) is 2. The first-order chi connectivity index (χ1) is 11.2. The highest BCUT2D eigenvalue weighted by molar-refractivity contribution is 5.95. The minimum Gasteiger partial charge on any atom is -0.347 e. The Morgan fingerprint density at radius 2 is 2.26 bits per heavy atom. The van der Waals surface area contributed by atoms with Crippen LogP contribution in [0.5, 0.6) is 0 Å². The predicted octanol–water partition coefficient (Wildman–Crippen LogP) is 1.60. The van der Waals surface area contributed by atoms with Gasteiger partial charge < -0.3 is 9.88 Å². The van der Waals surface area contributed by atoms with E-state index in [-0.39, 0.29) is 11.9 Å². The first-order valence-electron chi connectivity index (χ1n) is 8.29. The van der Waals surface area contributed by atoms with Crippen LogP contribution in [0.3, 0.4) is 0 Å². The highest BCUT2D eigenvalue weighted by Gasteiger charge is 2.32. The van der Waals surface area contributed by atoms with Crippen molar-refractivity contribution in [3.05, 3.63) is 35.7 Å². The molecule has 0 saturated carbocycles. The Kier molecular flexibility index (Phi) is 4.76. The van der Waals surface area contributed by atoms with Crippen molar-refractivity contribution in [2.75, 3.05) is 26.2 Å². The molecular formula is C16H24N6O. The quantitative estimate of drug-likeness (QED) is 0.878. The standard InChI is InChI=1S/C16H24N6O/c1-3-5-13-12(10-19-20-13)16(23)22-9-8-21(4-2)14(11-22)15-17-6-7-18-15/h6-7,10,14H,3-5,8-9,11H2,1-2H3,(H,17,18)(H,19,20)/t14-/m1/s1. The topological polar surface area (TPSA) is 80.9 Å². The second-order valence-corrected chi connectivity index (χ2v) is 5.88. The summed E-state index contributed by atoms with van der Waals surface area (Å²) in [7, 11) is 0. The van der Waals surface area contributed by atoms with Gasteiger partial charge >= 0.3 is 0 Å². The lowest BCUT2D eigenvalue weighted by atomic mass is 10.1. The number of nitrogens with zero attached hydrogens (tertiary/aromatic N) is 4. The van der Waals surface area contributed by atoms with Gasteiger partial charge in [0.2, 0.25) is 0 Å². The summed E-state index contributed by atoms with van der Waals surface area (Å²) >= 11 is 0. The SMILES string of the molecule is CCCc1[nH]ncc1C(=O)N1CCN(CC)[C@@H](c2ncc[nH]2)C1. The number of aryl methyl sites for hydroxylation is 1. The van der Waals surface area contributed by atoms with Crippen LogP contribution in [0.4, 0.5) is 0 Å². The van der Waals surface area contributed by atoms with E-state index in [4.69, 9.17) is 0 Å². The highest BCUT2D eigenvalue weighted by Crippen LogP contribution is 2.24. The molecule has 0 bridgehead atoms. The fourth-order valence-corrected chi connectivity index (χ4v) is 3.21. The molecule has 0 spiro atoms. The smallest absolute Gasteiger partial charge is 0.257 e. The third kappa shape index (κ3) is 3.14. The van der Waals surface area contributed by atoms with Crippen LogP contribution < -0.4 is 0 Å². The van der Waals surface area contributed by atoms with Crippen molar-refractivity contribution in [1.82, 2.24) is 30.0 Å². The summed E-state index contributed by atoms with van der Waals surface area (Å²) in [5, 5.41) is 7.01. The molecule has 124 valence electrons. The van der Waals surface area contributed by atoms with Crippen molar-refractivity contribution in [2.45, 2.75) is 32.7 Å². The summed E-state index contributed by atoms with van der Waals surface area (Å²) in [6.07, 6.45) is 7.08. The zero-order valence-electron chi connectivity index (χ0n) is 13.7. The fourth-order valence-electron chi connectivity index (χ4n) is 3.21. The molecule has 1 aliphatic heterocycles. The Bertz CT molecular complexity index is 635.